The largest absolute Gasteiger partial charge is 0.362 e. The Bertz CT molecular complexity index is 987. The third-order valence-corrected chi connectivity index (χ3v) is 6.99. The molecule has 1 heterocycles. The number of fused-ring (bicyclic) bond motifs is 1. The van der Waals surface area contributed by atoms with Gasteiger partial charge in [0, 0.05) is 37.4 Å². The Hall–Kier alpha value is -2.83. The molecule has 1 aromatic carbocycles. The van der Waals surface area contributed by atoms with Crippen LogP contribution >= 0.6 is 0 Å². The lowest BCUT2D eigenvalue weighted by Gasteiger charge is -2.30. The van der Waals surface area contributed by atoms with Gasteiger partial charge in [0.25, 0.3) is 0 Å². The Labute approximate surface area is 204 Å². The van der Waals surface area contributed by atoms with Crippen molar-refractivity contribution in [3.8, 4) is 0 Å². The van der Waals surface area contributed by atoms with Gasteiger partial charge in [0.15, 0.2) is 0 Å². The summed E-state index contributed by atoms with van der Waals surface area (Å²) in [5, 5.41) is 9.70. The van der Waals surface area contributed by atoms with E-state index in [1.165, 1.54) is 29.7 Å². The number of nitrogens with one attached hydrogen (secondary N) is 3. The van der Waals surface area contributed by atoms with Gasteiger partial charge in [0.1, 0.15) is 5.82 Å². The maximum atomic E-state index is 12.5. The van der Waals surface area contributed by atoms with Crippen molar-refractivity contribution in [1.29, 1.82) is 0 Å². The monoisotopic (exact) mass is 464 g/mol. The smallest absolute Gasteiger partial charge is 0.319 e. The van der Waals surface area contributed by atoms with Crippen LogP contribution in [0.25, 0.3) is 0 Å². The SMILES string of the molecule is CN(C)c1nc(NC2CCC(NC(=O)Nc3ccc(C(C)(C)C)cc3)CC2)nc2c1CCCC2. The summed E-state index contributed by atoms with van der Waals surface area (Å²) in [4.78, 5) is 24.3. The number of benzene rings is 1. The Morgan fingerprint density at radius 1 is 0.941 bits per heavy atom. The number of carbonyl (C=O) groups excluding carboxylic acids is 1. The van der Waals surface area contributed by atoms with E-state index >= 15 is 0 Å². The number of nitrogens with zero attached hydrogens (tertiary/aromatic N) is 3. The summed E-state index contributed by atoms with van der Waals surface area (Å²) in [6, 6.07) is 8.50. The molecular formula is C27H40N6O. The fourth-order valence-corrected chi connectivity index (χ4v) is 4.98. The first-order valence-corrected chi connectivity index (χ1v) is 12.7. The summed E-state index contributed by atoms with van der Waals surface area (Å²) in [6.45, 7) is 6.56. The van der Waals surface area contributed by atoms with Gasteiger partial charge in [-0.3, -0.25) is 0 Å². The highest BCUT2D eigenvalue weighted by atomic mass is 16.2. The average molecular weight is 465 g/mol. The molecule has 184 valence electrons. The summed E-state index contributed by atoms with van der Waals surface area (Å²) in [5.74, 6) is 1.80. The number of aryl methyl sites for hydroxylation is 1. The van der Waals surface area contributed by atoms with E-state index in [1.54, 1.807) is 0 Å². The highest BCUT2D eigenvalue weighted by molar-refractivity contribution is 5.89. The standard InChI is InChI=1S/C27H40N6O/c1-27(2,3)18-10-12-20(13-11-18)29-26(34)30-21-16-14-19(15-17-21)28-25-31-23-9-7-6-8-22(23)24(32-25)33(4)5/h10-13,19,21H,6-9,14-17H2,1-5H3,(H,28,31,32)(H2,29,30,34). The first-order chi connectivity index (χ1) is 16.2. The number of rotatable bonds is 5. The number of urea groups is 1. The van der Waals surface area contributed by atoms with Crippen molar-refractivity contribution < 1.29 is 4.79 Å². The van der Waals surface area contributed by atoms with Crippen molar-refractivity contribution in [2.24, 2.45) is 0 Å². The third kappa shape index (κ3) is 5.99. The van der Waals surface area contributed by atoms with Crippen LogP contribution in [-0.2, 0) is 18.3 Å². The molecule has 0 bridgehead atoms. The summed E-state index contributed by atoms with van der Waals surface area (Å²) in [6.07, 6.45) is 8.40. The molecule has 3 N–H and O–H groups in total. The van der Waals surface area contributed by atoms with Crippen molar-refractivity contribution in [2.45, 2.75) is 89.6 Å². The first kappa shape index (κ1) is 24.3. The molecule has 4 rings (SSSR count). The van der Waals surface area contributed by atoms with E-state index in [-0.39, 0.29) is 17.5 Å². The zero-order valence-corrected chi connectivity index (χ0v) is 21.4. The molecule has 2 aromatic rings. The maximum absolute atomic E-state index is 12.5. The van der Waals surface area contributed by atoms with E-state index in [2.05, 4.69) is 67.8 Å². The van der Waals surface area contributed by atoms with E-state index in [0.29, 0.717) is 6.04 Å². The zero-order chi connectivity index (χ0) is 24.3. The molecule has 1 saturated carbocycles. The second kappa shape index (κ2) is 10.2. The fraction of sp³-hybridized carbons (Fsp3) is 0.593. The molecule has 0 aliphatic heterocycles. The number of amides is 2. The van der Waals surface area contributed by atoms with Crippen molar-refractivity contribution in [3.05, 3.63) is 41.1 Å². The molecule has 34 heavy (non-hydrogen) atoms. The number of hydrogen-bond acceptors (Lipinski definition) is 5. The van der Waals surface area contributed by atoms with E-state index in [1.807, 2.05) is 12.1 Å². The van der Waals surface area contributed by atoms with Crippen LogP contribution in [0.1, 0.15) is 76.1 Å². The Morgan fingerprint density at radius 2 is 1.59 bits per heavy atom. The van der Waals surface area contributed by atoms with Crippen molar-refractivity contribution in [3.63, 3.8) is 0 Å². The van der Waals surface area contributed by atoms with Crippen LogP contribution in [0, 0.1) is 0 Å². The van der Waals surface area contributed by atoms with Gasteiger partial charge in [0.05, 0.1) is 5.69 Å². The highest BCUT2D eigenvalue weighted by Gasteiger charge is 2.25. The summed E-state index contributed by atoms with van der Waals surface area (Å²) in [7, 11) is 4.11. The first-order valence-electron chi connectivity index (χ1n) is 12.7. The molecule has 0 unspecified atom stereocenters. The molecule has 7 nitrogen and oxygen atoms in total. The highest BCUT2D eigenvalue weighted by Crippen LogP contribution is 2.29. The van der Waals surface area contributed by atoms with Gasteiger partial charge in [-0.2, -0.15) is 4.98 Å². The minimum atomic E-state index is -0.131. The van der Waals surface area contributed by atoms with Crippen LogP contribution in [0.3, 0.4) is 0 Å². The second-order valence-electron chi connectivity index (χ2n) is 11.0. The lowest BCUT2D eigenvalue weighted by Crippen LogP contribution is -2.42. The predicted octanol–water partition coefficient (Wildman–Crippen LogP) is 5.26. The lowest BCUT2D eigenvalue weighted by atomic mass is 9.87. The normalized spacial score (nSPS) is 20.3. The molecule has 2 aliphatic carbocycles. The van der Waals surface area contributed by atoms with Crippen molar-refractivity contribution >= 4 is 23.5 Å². The van der Waals surface area contributed by atoms with Crippen LogP contribution in [0.5, 0.6) is 0 Å². The minimum Gasteiger partial charge on any atom is -0.362 e. The van der Waals surface area contributed by atoms with Gasteiger partial charge in [-0.25, -0.2) is 9.78 Å². The van der Waals surface area contributed by atoms with Crippen molar-refractivity contribution in [1.82, 2.24) is 15.3 Å². The van der Waals surface area contributed by atoms with E-state index in [4.69, 9.17) is 9.97 Å². The summed E-state index contributed by atoms with van der Waals surface area (Å²) < 4.78 is 0. The average Bonchev–Trinajstić information content (AvgIpc) is 2.79. The maximum Gasteiger partial charge on any atom is 0.319 e. The molecule has 0 atom stereocenters. The third-order valence-electron chi connectivity index (χ3n) is 6.99. The van der Waals surface area contributed by atoms with Gasteiger partial charge >= 0.3 is 6.03 Å². The van der Waals surface area contributed by atoms with Gasteiger partial charge in [-0.1, -0.05) is 32.9 Å². The van der Waals surface area contributed by atoms with Gasteiger partial charge < -0.3 is 20.9 Å². The fourth-order valence-electron chi connectivity index (χ4n) is 4.98. The second-order valence-corrected chi connectivity index (χ2v) is 11.0. The van der Waals surface area contributed by atoms with Gasteiger partial charge in [-0.05, 0) is 74.5 Å². The van der Waals surface area contributed by atoms with Crippen LogP contribution in [0.15, 0.2) is 24.3 Å². The Balaban J connectivity index is 1.27. The Morgan fingerprint density at radius 3 is 2.24 bits per heavy atom. The van der Waals surface area contributed by atoms with Gasteiger partial charge in [0.2, 0.25) is 5.95 Å². The van der Waals surface area contributed by atoms with E-state index in [9.17, 15) is 4.79 Å². The Kier molecular flexibility index (Phi) is 7.29. The molecule has 7 heteroatoms. The number of hydrogen-bond donors (Lipinski definition) is 3. The molecule has 1 aromatic heterocycles. The van der Waals surface area contributed by atoms with Crippen LogP contribution in [0.4, 0.5) is 22.2 Å². The predicted molar refractivity (Wildman–Crippen MR) is 140 cm³/mol. The number of carbonyl (C=O) groups is 1. The molecule has 0 saturated heterocycles. The van der Waals surface area contributed by atoms with Gasteiger partial charge in [-0.15, -0.1) is 0 Å². The quantitative estimate of drug-likeness (QED) is 0.562. The molecule has 2 amide bonds. The molecule has 1 fully saturated rings. The topological polar surface area (TPSA) is 82.2 Å². The van der Waals surface area contributed by atoms with Crippen LogP contribution in [0.2, 0.25) is 0 Å². The van der Waals surface area contributed by atoms with E-state index < -0.39 is 0 Å². The lowest BCUT2D eigenvalue weighted by molar-refractivity contribution is 0.243. The zero-order valence-electron chi connectivity index (χ0n) is 21.4. The van der Waals surface area contributed by atoms with Crippen LogP contribution in [-0.4, -0.2) is 42.2 Å². The molecule has 2 aliphatic rings. The minimum absolute atomic E-state index is 0.103. The number of anilines is 3. The molecule has 0 radical (unpaired) electrons. The number of aromatic nitrogens is 2. The molecular weight excluding hydrogens is 424 g/mol. The summed E-state index contributed by atoms with van der Waals surface area (Å²) in [5.41, 5.74) is 4.70. The molecule has 0 spiro atoms. The van der Waals surface area contributed by atoms with Crippen molar-refractivity contribution in [2.75, 3.05) is 29.6 Å². The summed E-state index contributed by atoms with van der Waals surface area (Å²) >= 11 is 0. The van der Waals surface area contributed by atoms with E-state index in [0.717, 1.165) is 56.0 Å². The van der Waals surface area contributed by atoms with Crippen LogP contribution < -0.4 is 20.9 Å².